The first-order chi connectivity index (χ1) is 12.9. The molecule has 1 aliphatic carbocycles. The maximum absolute atomic E-state index is 13.2. The Morgan fingerprint density at radius 1 is 1.11 bits per heavy atom. The van der Waals surface area contributed by atoms with Crippen LogP contribution in [0, 0.1) is 11.6 Å². The Morgan fingerprint density at radius 3 is 2.37 bits per heavy atom. The summed E-state index contributed by atoms with van der Waals surface area (Å²) in [5, 5.41) is 7.48. The second kappa shape index (κ2) is 8.32. The van der Waals surface area contributed by atoms with E-state index in [1.54, 1.807) is 0 Å². The van der Waals surface area contributed by atoms with E-state index in [4.69, 9.17) is 4.74 Å². The fraction of sp³-hybridized carbons (Fsp3) is 0.500. The Labute approximate surface area is 154 Å². The third kappa shape index (κ3) is 5.38. The first kappa shape index (κ1) is 19.1. The number of rotatable bonds is 6. The molecule has 1 aromatic carbocycles. The highest BCUT2D eigenvalue weighted by Gasteiger charge is 2.30. The standard InChI is InChI=1S/C18H21F2N3O4/c19-10-7-11(20)9-14(8-10)27-13-3-1-12(2-4-13)21-16(24)6-5-15-17(25)23-18(26)22-15/h7-9,12-13,15H,1-6H2,(H,21,24)(H2,22,23,25,26)/t12?,13?,15-/m0/s1. The van der Waals surface area contributed by atoms with Crippen LogP contribution in [0.5, 0.6) is 5.75 Å². The van der Waals surface area contributed by atoms with E-state index in [1.165, 1.54) is 0 Å². The van der Waals surface area contributed by atoms with E-state index in [-0.39, 0.29) is 36.6 Å². The highest BCUT2D eigenvalue weighted by molar-refractivity contribution is 6.04. The molecule has 0 radical (unpaired) electrons. The van der Waals surface area contributed by atoms with Gasteiger partial charge in [0, 0.05) is 30.7 Å². The van der Waals surface area contributed by atoms with Crippen LogP contribution < -0.4 is 20.7 Å². The molecule has 7 nitrogen and oxygen atoms in total. The van der Waals surface area contributed by atoms with E-state index in [1.807, 2.05) is 0 Å². The van der Waals surface area contributed by atoms with E-state index >= 15 is 0 Å². The maximum atomic E-state index is 13.2. The molecule has 0 unspecified atom stereocenters. The second-order valence-corrected chi connectivity index (χ2v) is 6.82. The number of carbonyl (C=O) groups is 3. The number of benzene rings is 1. The Morgan fingerprint density at radius 2 is 1.78 bits per heavy atom. The SMILES string of the molecule is O=C(CC[C@@H]1NC(=O)NC1=O)NC1CCC(Oc2cc(F)cc(F)c2)CC1. The molecule has 1 saturated carbocycles. The van der Waals surface area contributed by atoms with Gasteiger partial charge in [-0.3, -0.25) is 14.9 Å². The molecular weight excluding hydrogens is 360 g/mol. The van der Waals surface area contributed by atoms with Gasteiger partial charge in [-0.25, -0.2) is 13.6 Å². The zero-order valence-electron chi connectivity index (χ0n) is 14.6. The van der Waals surface area contributed by atoms with Crippen molar-refractivity contribution in [1.29, 1.82) is 0 Å². The Kier molecular flexibility index (Phi) is 5.88. The largest absolute Gasteiger partial charge is 0.490 e. The summed E-state index contributed by atoms with van der Waals surface area (Å²) in [4.78, 5) is 34.5. The van der Waals surface area contributed by atoms with Crippen LogP contribution >= 0.6 is 0 Å². The molecule has 3 rings (SSSR count). The lowest BCUT2D eigenvalue weighted by atomic mass is 9.92. The van der Waals surface area contributed by atoms with Crippen molar-refractivity contribution in [2.24, 2.45) is 0 Å². The van der Waals surface area contributed by atoms with Gasteiger partial charge in [0.25, 0.3) is 5.91 Å². The van der Waals surface area contributed by atoms with Gasteiger partial charge in [-0.1, -0.05) is 0 Å². The number of amides is 4. The highest BCUT2D eigenvalue weighted by atomic mass is 19.1. The van der Waals surface area contributed by atoms with Crippen LogP contribution in [-0.4, -0.2) is 36.0 Å². The smallest absolute Gasteiger partial charge is 0.322 e. The molecule has 1 aromatic rings. The Balaban J connectivity index is 1.38. The predicted molar refractivity (Wildman–Crippen MR) is 90.9 cm³/mol. The summed E-state index contributed by atoms with van der Waals surface area (Å²) in [5.74, 6) is -1.80. The normalized spacial score (nSPS) is 24.9. The third-order valence-electron chi connectivity index (χ3n) is 4.70. The van der Waals surface area contributed by atoms with Gasteiger partial charge in [-0.2, -0.15) is 0 Å². The van der Waals surface area contributed by atoms with Crippen molar-refractivity contribution >= 4 is 17.8 Å². The molecule has 1 saturated heterocycles. The van der Waals surface area contributed by atoms with E-state index in [0.717, 1.165) is 18.2 Å². The summed E-state index contributed by atoms with van der Waals surface area (Å²) in [6.45, 7) is 0. The molecule has 1 atom stereocenters. The van der Waals surface area contributed by atoms with Crippen molar-refractivity contribution in [2.75, 3.05) is 0 Å². The van der Waals surface area contributed by atoms with Crippen LogP contribution in [0.4, 0.5) is 13.6 Å². The monoisotopic (exact) mass is 381 g/mol. The van der Waals surface area contributed by atoms with Crippen LogP contribution in [0.25, 0.3) is 0 Å². The number of urea groups is 1. The fourth-order valence-corrected chi connectivity index (χ4v) is 3.35. The van der Waals surface area contributed by atoms with E-state index < -0.39 is 29.6 Å². The molecule has 9 heteroatoms. The number of imide groups is 1. The highest BCUT2D eigenvalue weighted by Crippen LogP contribution is 2.25. The summed E-state index contributed by atoms with van der Waals surface area (Å²) in [5.41, 5.74) is 0. The lowest BCUT2D eigenvalue weighted by molar-refractivity contribution is -0.123. The topological polar surface area (TPSA) is 96.5 Å². The van der Waals surface area contributed by atoms with E-state index in [9.17, 15) is 23.2 Å². The third-order valence-corrected chi connectivity index (χ3v) is 4.70. The van der Waals surface area contributed by atoms with Crippen molar-refractivity contribution in [2.45, 2.75) is 56.7 Å². The van der Waals surface area contributed by atoms with Gasteiger partial charge in [0.05, 0.1) is 6.10 Å². The number of hydrogen-bond acceptors (Lipinski definition) is 4. The molecule has 3 N–H and O–H groups in total. The number of hydrogen-bond donors (Lipinski definition) is 3. The zero-order chi connectivity index (χ0) is 19.4. The summed E-state index contributed by atoms with van der Waals surface area (Å²) in [7, 11) is 0. The van der Waals surface area contributed by atoms with Crippen LogP contribution in [-0.2, 0) is 9.59 Å². The van der Waals surface area contributed by atoms with Crippen molar-refractivity contribution in [3.63, 3.8) is 0 Å². The number of halogens is 2. The zero-order valence-corrected chi connectivity index (χ0v) is 14.6. The molecule has 1 aliphatic heterocycles. The lowest BCUT2D eigenvalue weighted by Gasteiger charge is -2.29. The van der Waals surface area contributed by atoms with Crippen molar-refractivity contribution in [3.8, 4) is 5.75 Å². The summed E-state index contributed by atoms with van der Waals surface area (Å²) < 4.78 is 32.0. The molecule has 27 heavy (non-hydrogen) atoms. The quantitative estimate of drug-likeness (QED) is 0.654. The van der Waals surface area contributed by atoms with Crippen molar-refractivity contribution in [1.82, 2.24) is 16.0 Å². The fourth-order valence-electron chi connectivity index (χ4n) is 3.35. The molecule has 1 heterocycles. The Bertz CT molecular complexity index is 715. The van der Waals surface area contributed by atoms with Crippen LogP contribution in [0.1, 0.15) is 38.5 Å². The average Bonchev–Trinajstić information content (AvgIpc) is 2.91. The van der Waals surface area contributed by atoms with Gasteiger partial charge >= 0.3 is 6.03 Å². The van der Waals surface area contributed by atoms with Crippen molar-refractivity contribution in [3.05, 3.63) is 29.8 Å². The minimum absolute atomic E-state index is 0.00593. The molecule has 146 valence electrons. The maximum Gasteiger partial charge on any atom is 0.322 e. The Hall–Kier alpha value is -2.71. The van der Waals surface area contributed by atoms with Crippen LogP contribution in [0.2, 0.25) is 0 Å². The second-order valence-electron chi connectivity index (χ2n) is 6.82. The number of ether oxygens (including phenoxy) is 1. The summed E-state index contributed by atoms with van der Waals surface area (Å²) in [6, 6.07) is 1.87. The minimum atomic E-state index is -0.682. The van der Waals surface area contributed by atoms with E-state index in [2.05, 4.69) is 16.0 Å². The number of nitrogens with one attached hydrogen (secondary N) is 3. The van der Waals surface area contributed by atoms with Crippen LogP contribution in [0.15, 0.2) is 18.2 Å². The minimum Gasteiger partial charge on any atom is -0.490 e. The van der Waals surface area contributed by atoms with Gasteiger partial charge in [0.1, 0.15) is 23.4 Å². The molecule has 2 fully saturated rings. The first-order valence-electron chi connectivity index (χ1n) is 8.92. The lowest BCUT2D eigenvalue weighted by Crippen LogP contribution is -2.40. The molecule has 0 bridgehead atoms. The van der Waals surface area contributed by atoms with E-state index in [0.29, 0.717) is 25.7 Å². The molecule has 4 amide bonds. The van der Waals surface area contributed by atoms with Gasteiger partial charge < -0.3 is 15.4 Å². The molecule has 0 aromatic heterocycles. The molecule has 2 aliphatic rings. The van der Waals surface area contributed by atoms with Gasteiger partial charge in [0.15, 0.2) is 0 Å². The van der Waals surface area contributed by atoms with Crippen molar-refractivity contribution < 1.29 is 27.9 Å². The van der Waals surface area contributed by atoms with Gasteiger partial charge in [0.2, 0.25) is 5.91 Å². The molecular formula is C18H21F2N3O4. The summed E-state index contributed by atoms with van der Waals surface area (Å²) in [6.07, 6.45) is 2.92. The van der Waals surface area contributed by atoms with Crippen LogP contribution in [0.3, 0.4) is 0 Å². The van der Waals surface area contributed by atoms with Gasteiger partial charge in [-0.15, -0.1) is 0 Å². The van der Waals surface area contributed by atoms with Gasteiger partial charge in [-0.05, 0) is 32.1 Å². The first-order valence-corrected chi connectivity index (χ1v) is 8.92. The molecule has 0 spiro atoms. The average molecular weight is 381 g/mol. The predicted octanol–water partition coefficient (Wildman–Crippen LogP) is 1.76. The summed E-state index contributed by atoms with van der Waals surface area (Å²) >= 11 is 0. The number of carbonyl (C=O) groups excluding carboxylic acids is 3.